The molecule has 0 aliphatic carbocycles. The van der Waals surface area contributed by atoms with Crippen molar-refractivity contribution in [2.75, 3.05) is 13.7 Å². The number of nitrogens with zero attached hydrogens (tertiary/aromatic N) is 1. The van der Waals surface area contributed by atoms with Crippen molar-refractivity contribution in [1.29, 1.82) is 0 Å². The largest absolute Gasteiger partial charge is 0.501 e. The lowest BCUT2D eigenvalue weighted by atomic mass is 9.97. The molecule has 0 radical (unpaired) electrons. The van der Waals surface area contributed by atoms with Gasteiger partial charge in [-0.25, -0.2) is 0 Å². The van der Waals surface area contributed by atoms with Gasteiger partial charge in [0.05, 0.1) is 18.9 Å². The normalized spacial score (nSPS) is 17.8. The van der Waals surface area contributed by atoms with Crippen LogP contribution in [0.2, 0.25) is 0 Å². The molecule has 2 rings (SSSR count). The molecule has 3 heteroatoms. The molecule has 1 aliphatic rings. The van der Waals surface area contributed by atoms with Crippen molar-refractivity contribution in [2.45, 2.75) is 18.9 Å². The third-order valence-electron chi connectivity index (χ3n) is 2.64. The molecular weight excluding hydrogens is 188 g/mol. The van der Waals surface area contributed by atoms with Crippen LogP contribution in [-0.2, 0) is 4.74 Å². The van der Waals surface area contributed by atoms with Gasteiger partial charge in [0.25, 0.3) is 0 Å². The average Bonchev–Trinajstić information content (AvgIpc) is 2.33. The highest BCUT2D eigenvalue weighted by atomic mass is 16.5. The van der Waals surface area contributed by atoms with Gasteiger partial charge in [0, 0.05) is 12.4 Å². The first-order valence-corrected chi connectivity index (χ1v) is 5.29. The molecule has 3 nitrogen and oxygen atoms in total. The van der Waals surface area contributed by atoms with Crippen molar-refractivity contribution in [3.8, 4) is 0 Å². The van der Waals surface area contributed by atoms with E-state index in [1.54, 1.807) is 6.20 Å². The third-order valence-corrected chi connectivity index (χ3v) is 2.64. The Kier molecular flexibility index (Phi) is 3.35. The molecule has 1 atom stereocenters. The summed E-state index contributed by atoms with van der Waals surface area (Å²) in [5, 5.41) is 3.30. The Morgan fingerprint density at radius 3 is 3.07 bits per heavy atom. The van der Waals surface area contributed by atoms with Crippen molar-refractivity contribution < 1.29 is 4.74 Å². The highest BCUT2D eigenvalue weighted by Crippen LogP contribution is 2.26. The Bertz CT molecular complexity index is 335. The molecule has 0 saturated carbocycles. The first-order valence-electron chi connectivity index (χ1n) is 5.29. The molecule has 1 aromatic heterocycles. The van der Waals surface area contributed by atoms with Gasteiger partial charge in [-0.05, 0) is 37.1 Å². The van der Waals surface area contributed by atoms with Crippen molar-refractivity contribution in [3.05, 3.63) is 41.9 Å². The predicted octanol–water partition coefficient (Wildman–Crippen LogP) is 2.04. The van der Waals surface area contributed by atoms with Gasteiger partial charge in [-0.2, -0.15) is 0 Å². The Hall–Kier alpha value is -1.35. The van der Waals surface area contributed by atoms with Gasteiger partial charge in [0.2, 0.25) is 0 Å². The number of hydrogen-bond acceptors (Lipinski definition) is 3. The Balaban J connectivity index is 2.20. The van der Waals surface area contributed by atoms with E-state index in [1.165, 1.54) is 11.1 Å². The molecule has 80 valence electrons. The van der Waals surface area contributed by atoms with Gasteiger partial charge in [-0.15, -0.1) is 0 Å². The molecule has 2 heterocycles. The van der Waals surface area contributed by atoms with Gasteiger partial charge in [0.1, 0.15) is 0 Å². The molecule has 1 aromatic rings. The van der Waals surface area contributed by atoms with Crippen LogP contribution in [0, 0.1) is 0 Å². The minimum atomic E-state index is 0.235. The van der Waals surface area contributed by atoms with Gasteiger partial charge >= 0.3 is 0 Å². The van der Waals surface area contributed by atoms with Crippen molar-refractivity contribution in [2.24, 2.45) is 0 Å². The summed E-state index contributed by atoms with van der Waals surface area (Å²) >= 11 is 0. The molecule has 0 fully saturated rings. The lowest BCUT2D eigenvalue weighted by Gasteiger charge is -2.22. The van der Waals surface area contributed by atoms with E-state index in [0.29, 0.717) is 0 Å². The topological polar surface area (TPSA) is 34.1 Å². The SMILES string of the molecule is CNC(C1=COCCC1)c1cccnc1. The van der Waals surface area contributed by atoms with E-state index in [1.807, 2.05) is 25.6 Å². The number of likely N-dealkylation sites (N-methyl/N-ethyl adjacent to an activating group) is 1. The van der Waals surface area contributed by atoms with Crippen LogP contribution < -0.4 is 5.32 Å². The first-order chi connectivity index (χ1) is 7.42. The van der Waals surface area contributed by atoms with Crippen molar-refractivity contribution in [3.63, 3.8) is 0 Å². The van der Waals surface area contributed by atoms with Crippen LogP contribution in [0.15, 0.2) is 36.4 Å². The number of ether oxygens (including phenoxy) is 1. The smallest absolute Gasteiger partial charge is 0.0876 e. The van der Waals surface area contributed by atoms with Crippen LogP contribution in [0.1, 0.15) is 24.4 Å². The second kappa shape index (κ2) is 4.94. The number of pyridine rings is 1. The number of hydrogen-bond donors (Lipinski definition) is 1. The zero-order valence-corrected chi connectivity index (χ0v) is 8.94. The molecule has 0 bridgehead atoms. The summed E-state index contributed by atoms with van der Waals surface area (Å²) in [7, 11) is 1.97. The lowest BCUT2D eigenvalue weighted by Crippen LogP contribution is -2.20. The number of aromatic nitrogens is 1. The fourth-order valence-electron chi connectivity index (χ4n) is 1.91. The van der Waals surface area contributed by atoms with Gasteiger partial charge < -0.3 is 10.1 Å². The first kappa shape index (κ1) is 10.2. The fraction of sp³-hybridized carbons (Fsp3) is 0.417. The van der Waals surface area contributed by atoms with Crippen LogP contribution in [0.3, 0.4) is 0 Å². The molecule has 1 aliphatic heterocycles. The van der Waals surface area contributed by atoms with E-state index in [4.69, 9.17) is 4.74 Å². The maximum atomic E-state index is 5.36. The summed E-state index contributed by atoms with van der Waals surface area (Å²) in [5.41, 5.74) is 2.49. The van der Waals surface area contributed by atoms with Crippen molar-refractivity contribution in [1.82, 2.24) is 10.3 Å². The zero-order valence-electron chi connectivity index (χ0n) is 8.94. The number of rotatable bonds is 3. The van der Waals surface area contributed by atoms with Crippen molar-refractivity contribution >= 4 is 0 Å². The van der Waals surface area contributed by atoms with E-state index in [0.717, 1.165) is 19.4 Å². The van der Waals surface area contributed by atoms with Crippen LogP contribution in [0.5, 0.6) is 0 Å². The van der Waals surface area contributed by atoms with E-state index >= 15 is 0 Å². The summed E-state index contributed by atoms with van der Waals surface area (Å²) in [6.07, 6.45) is 7.78. The van der Waals surface area contributed by atoms with E-state index in [2.05, 4.69) is 16.4 Å². The van der Waals surface area contributed by atoms with Gasteiger partial charge in [0.15, 0.2) is 0 Å². The molecule has 1 N–H and O–H groups in total. The molecule has 15 heavy (non-hydrogen) atoms. The van der Waals surface area contributed by atoms with Gasteiger partial charge in [-0.1, -0.05) is 6.07 Å². The summed E-state index contributed by atoms with van der Waals surface area (Å²) < 4.78 is 5.36. The minimum Gasteiger partial charge on any atom is -0.501 e. The monoisotopic (exact) mass is 204 g/mol. The summed E-state index contributed by atoms with van der Waals surface area (Å²) in [6, 6.07) is 4.28. The Morgan fingerprint density at radius 1 is 1.53 bits per heavy atom. The highest BCUT2D eigenvalue weighted by Gasteiger charge is 2.17. The molecule has 0 spiro atoms. The lowest BCUT2D eigenvalue weighted by molar-refractivity contribution is 0.220. The number of nitrogens with one attached hydrogen (secondary N) is 1. The zero-order chi connectivity index (χ0) is 10.5. The molecule has 1 unspecified atom stereocenters. The van der Waals surface area contributed by atoms with E-state index < -0.39 is 0 Å². The molecule has 0 amide bonds. The second-order valence-corrected chi connectivity index (χ2v) is 3.68. The van der Waals surface area contributed by atoms with Crippen LogP contribution >= 0.6 is 0 Å². The molecule has 0 aromatic carbocycles. The summed E-state index contributed by atoms with van der Waals surface area (Å²) in [6.45, 7) is 0.840. The summed E-state index contributed by atoms with van der Waals surface area (Å²) in [4.78, 5) is 4.14. The van der Waals surface area contributed by atoms with Gasteiger partial charge in [-0.3, -0.25) is 4.98 Å². The second-order valence-electron chi connectivity index (χ2n) is 3.68. The fourth-order valence-corrected chi connectivity index (χ4v) is 1.91. The Labute approximate surface area is 90.2 Å². The van der Waals surface area contributed by atoms with Crippen LogP contribution in [0.4, 0.5) is 0 Å². The minimum absolute atomic E-state index is 0.235. The molecular formula is C12H16N2O. The third kappa shape index (κ3) is 2.36. The quantitative estimate of drug-likeness (QED) is 0.818. The van der Waals surface area contributed by atoms with E-state index in [9.17, 15) is 0 Å². The molecule has 0 saturated heterocycles. The Morgan fingerprint density at radius 2 is 2.47 bits per heavy atom. The average molecular weight is 204 g/mol. The predicted molar refractivity (Wildman–Crippen MR) is 59.3 cm³/mol. The van der Waals surface area contributed by atoms with E-state index in [-0.39, 0.29) is 6.04 Å². The van der Waals surface area contributed by atoms with Crippen LogP contribution in [-0.4, -0.2) is 18.6 Å². The summed E-state index contributed by atoms with van der Waals surface area (Å²) in [5.74, 6) is 0. The maximum absolute atomic E-state index is 5.36. The maximum Gasteiger partial charge on any atom is 0.0876 e. The highest BCUT2D eigenvalue weighted by molar-refractivity contribution is 5.25. The van der Waals surface area contributed by atoms with Crippen LogP contribution in [0.25, 0.3) is 0 Å². The standard InChI is InChI=1S/C12H16N2O/c1-13-12(10-4-2-6-14-8-10)11-5-3-7-15-9-11/h2,4,6,8-9,12-13H,3,5,7H2,1H3.